The van der Waals surface area contributed by atoms with Gasteiger partial charge in [-0.1, -0.05) is 18.2 Å². The van der Waals surface area contributed by atoms with Gasteiger partial charge in [0.15, 0.2) is 0 Å². The first-order chi connectivity index (χ1) is 15.5. The second-order valence-electron chi connectivity index (χ2n) is 8.06. The van der Waals surface area contributed by atoms with E-state index < -0.39 is 0 Å². The first-order valence-corrected chi connectivity index (χ1v) is 10.6. The molecule has 32 heavy (non-hydrogen) atoms. The van der Waals surface area contributed by atoms with Gasteiger partial charge >= 0.3 is 0 Å². The summed E-state index contributed by atoms with van der Waals surface area (Å²) in [5.74, 6) is 0.856. The van der Waals surface area contributed by atoms with Crippen LogP contribution >= 0.6 is 0 Å². The summed E-state index contributed by atoms with van der Waals surface area (Å²) >= 11 is 0. The van der Waals surface area contributed by atoms with E-state index in [1.165, 1.54) is 17.7 Å². The predicted molar refractivity (Wildman–Crippen MR) is 122 cm³/mol. The Bertz CT molecular complexity index is 1130. The number of anilines is 1. The summed E-state index contributed by atoms with van der Waals surface area (Å²) in [6.07, 6.45) is 1.91. The van der Waals surface area contributed by atoms with Crippen molar-refractivity contribution in [1.82, 2.24) is 9.88 Å². The predicted octanol–water partition coefficient (Wildman–Crippen LogP) is 4.00. The summed E-state index contributed by atoms with van der Waals surface area (Å²) in [5.41, 5.74) is 9.08. The number of aromatic nitrogens is 1. The molecular weight excluding hydrogens is 404 g/mol. The molecule has 1 aromatic heterocycles. The molecule has 1 atom stereocenters. The second kappa shape index (κ2) is 9.16. The lowest BCUT2D eigenvalue weighted by atomic mass is 9.87. The fraction of sp³-hybridized carbons (Fsp3) is 0.280. The molecule has 0 spiro atoms. The van der Waals surface area contributed by atoms with Crippen molar-refractivity contribution in [3.63, 3.8) is 0 Å². The average molecular weight is 431 g/mol. The average Bonchev–Trinajstić information content (AvgIpc) is 2.79. The first-order valence-electron chi connectivity index (χ1n) is 10.6. The van der Waals surface area contributed by atoms with Gasteiger partial charge in [-0.25, -0.2) is 4.98 Å². The minimum Gasteiger partial charge on any atom is -0.507 e. The molecular formula is C25H26N4O3. The molecule has 4 N–H and O–H groups in total. The topological polar surface area (TPSA) is 116 Å². The summed E-state index contributed by atoms with van der Waals surface area (Å²) in [4.78, 5) is 6.67. The quantitative estimate of drug-likeness (QED) is 0.560. The number of phenols is 2. The van der Waals surface area contributed by atoms with Crippen molar-refractivity contribution in [2.75, 3.05) is 25.9 Å². The normalized spacial score (nSPS) is 16.4. The lowest BCUT2D eigenvalue weighted by Crippen LogP contribution is -2.34. The maximum Gasteiger partial charge on any atom is 0.142 e. The van der Waals surface area contributed by atoms with Crippen LogP contribution in [0, 0.1) is 11.3 Å². The monoisotopic (exact) mass is 430 g/mol. The van der Waals surface area contributed by atoms with Crippen molar-refractivity contribution >= 4 is 5.82 Å². The number of likely N-dealkylation sites (tertiary alicyclic amines) is 1. The highest BCUT2D eigenvalue weighted by atomic mass is 16.5. The van der Waals surface area contributed by atoms with Gasteiger partial charge in [-0.3, -0.25) is 4.90 Å². The van der Waals surface area contributed by atoms with E-state index in [2.05, 4.69) is 28.1 Å². The van der Waals surface area contributed by atoms with Crippen molar-refractivity contribution in [3.05, 3.63) is 65.2 Å². The summed E-state index contributed by atoms with van der Waals surface area (Å²) in [6.45, 7) is 2.55. The number of hydrogen-bond donors (Lipinski definition) is 3. The van der Waals surface area contributed by atoms with Crippen LogP contribution in [0.15, 0.2) is 48.5 Å². The molecule has 2 heterocycles. The van der Waals surface area contributed by atoms with Crippen LogP contribution in [-0.2, 0) is 6.54 Å². The number of ether oxygens (including phenoxy) is 1. The van der Waals surface area contributed by atoms with Gasteiger partial charge in [0.05, 0.1) is 23.9 Å². The molecule has 3 aromatic rings. The lowest BCUT2D eigenvalue weighted by molar-refractivity contribution is 0.200. The molecule has 2 aromatic carbocycles. The molecule has 1 saturated heterocycles. The molecule has 0 amide bonds. The maximum absolute atomic E-state index is 10.3. The van der Waals surface area contributed by atoms with Gasteiger partial charge in [-0.2, -0.15) is 5.26 Å². The van der Waals surface area contributed by atoms with Crippen LogP contribution in [0.4, 0.5) is 5.82 Å². The molecule has 0 bridgehead atoms. The van der Waals surface area contributed by atoms with E-state index in [0.29, 0.717) is 11.3 Å². The number of methoxy groups -OCH3 is 1. The van der Waals surface area contributed by atoms with Crippen molar-refractivity contribution in [1.29, 1.82) is 5.26 Å². The van der Waals surface area contributed by atoms with Crippen LogP contribution in [0.25, 0.3) is 11.3 Å². The zero-order valence-electron chi connectivity index (χ0n) is 18.0. The number of benzene rings is 2. The molecule has 7 heteroatoms. The van der Waals surface area contributed by atoms with Gasteiger partial charge in [-0.05, 0) is 66.8 Å². The molecule has 0 saturated carbocycles. The highest BCUT2D eigenvalue weighted by Crippen LogP contribution is 2.40. The Kier molecular flexibility index (Phi) is 6.15. The maximum atomic E-state index is 10.3. The van der Waals surface area contributed by atoms with Gasteiger partial charge in [0.2, 0.25) is 0 Å². The fourth-order valence-electron chi connectivity index (χ4n) is 4.39. The Hall–Kier alpha value is -3.76. The third-order valence-electron chi connectivity index (χ3n) is 5.98. The van der Waals surface area contributed by atoms with Gasteiger partial charge in [0.1, 0.15) is 29.1 Å². The summed E-state index contributed by atoms with van der Waals surface area (Å²) in [6, 6.07) is 16.6. The number of nitrogens with two attached hydrogens (primary N) is 1. The third kappa shape index (κ3) is 4.32. The van der Waals surface area contributed by atoms with Crippen molar-refractivity contribution in [3.8, 4) is 34.6 Å². The summed E-state index contributed by atoms with van der Waals surface area (Å²) < 4.78 is 5.24. The minimum absolute atomic E-state index is 0.0858. The van der Waals surface area contributed by atoms with E-state index >= 15 is 0 Å². The van der Waals surface area contributed by atoms with Crippen molar-refractivity contribution in [2.45, 2.75) is 25.3 Å². The van der Waals surface area contributed by atoms with Crippen LogP contribution in [-0.4, -0.2) is 40.3 Å². The first kappa shape index (κ1) is 21.5. The third-order valence-corrected chi connectivity index (χ3v) is 5.98. The zero-order chi connectivity index (χ0) is 22.7. The fourth-order valence-corrected chi connectivity index (χ4v) is 4.39. The van der Waals surface area contributed by atoms with Crippen LogP contribution in [0.3, 0.4) is 0 Å². The Morgan fingerprint density at radius 2 is 1.91 bits per heavy atom. The van der Waals surface area contributed by atoms with Gasteiger partial charge in [0, 0.05) is 13.1 Å². The number of nitriles is 1. The zero-order valence-corrected chi connectivity index (χ0v) is 18.0. The minimum atomic E-state index is -0.0858. The van der Waals surface area contributed by atoms with Crippen LogP contribution in [0.5, 0.6) is 17.2 Å². The number of rotatable bonds is 5. The van der Waals surface area contributed by atoms with Crippen LogP contribution < -0.4 is 10.5 Å². The number of phenolic OH excluding ortho intramolecular Hbond substituents is 2. The number of pyridine rings is 1. The van der Waals surface area contributed by atoms with Crippen LogP contribution in [0.2, 0.25) is 0 Å². The van der Waals surface area contributed by atoms with E-state index in [1.807, 2.05) is 12.1 Å². The van der Waals surface area contributed by atoms with E-state index in [0.717, 1.165) is 43.8 Å². The smallest absolute Gasteiger partial charge is 0.142 e. The van der Waals surface area contributed by atoms with Gasteiger partial charge in [0.25, 0.3) is 0 Å². The second-order valence-corrected chi connectivity index (χ2v) is 8.06. The SMILES string of the molecule is COc1ccc(CN2CCCC(c3cc(-c4c(O)cccc4O)nc(N)c3C#N)C2)cc1. The molecule has 0 aliphatic carbocycles. The molecule has 0 radical (unpaired) electrons. The Labute approximate surface area is 187 Å². The van der Waals surface area contributed by atoms with Gasteiger partial charge in [-0.15, -0.1) is 0 Å². The van der Waals surface area contributed by atoms with E-state index in [9.17, 15) is 15.5 Å². The van der Waals surface area contributed by atoms with Crippen molar-refractivity contribution in [2.24, 2.45) is 0 Å². The number of nitrogen functional groups attached to an aromatic ring is 1. The van der Waals surface area contributed by atoms with Crippen LogP contribution in [0.1, 0.15) is 35.4 Å². The number of aromatic hydroxyl groups is 2. The van der Waals surface area contributed by atoms with Gasteiger partial charge < -0.3 is 20.7 Å². The Morgan fingerprint density at radius 3 is 2.56 bits per heavy atom. The summed E-state index contributed by atoms with van der Waals surface area (Å²) in [5, 5.41) is 30.3. The molecule has 4 rings (SSSR count). The molecule has 7 nitrogen and oxygen atoms in total. The summed E-state index contributed by atoms with van der Waals surface area (Å²) in [7, 11) is 1.65. The lowest BCUT2D eigenvalue weighted by Gasteiger charge is -2.33. The Balaban J connectivity index is 1.64. The molecule has 1 aliphatic rings. The molecule has 1 fully saturated rings. The van der Waals surface area contributed by atoms with E-state index in [-0.39, 0.29) is 28.8 Å². The Morgan fingerprint density at radius 1 is 1.19 bits per heavy atom. The van der Waals surface area contributed by atoms with E-state index in [4.69, 9.17) is 10.5 Å². The number of hydrogen-bond acceptors (Lipinski definition) is 7. The molecule has 164 valence electrons. The molecule has 1 aliphatic heterocycles. The standard InChI is InChI=1S/C25H26N4O3/c1-32-18-9-7-16(8-10-18)14-29-11-3-4-17(15-29)19-12-21(28-25(27)20(19)13-26)24-22(30)5-2-6-23(24)31/h2,5-10,12,17,30-31H,3-4,11,14-15H2,1H3,(H2,27,28). The van der Waals surface area contributed by atoms with Crippen molar-refractivity contribution < 1.29 is 14.9 Å². The largest absolute Gasteiger partial charge is 0.507 e. The highest BCUT2D eigenvalue weighted by Gasteiger charge is 2.26. The number of piperidine rings is 1. The number of nitrogens with zero attached hydrogens (tertiary/aromatic N) is 3. The molecule has 1 unspecified atom stereocenters. The highest BCUT2D eigenvalue weighted by molar-refractivity contribution is 5.76. The van der Waals surface area contributed by atoms with E-state index in [1.54, 1.807) is 19.2 Å².